The first-order valence-electron chi connectivity index (χ1n) is 4.46. The summed E-state index contributed by atoms with van der Waals surface area (Å²) in [4.78, 5) is 0. The third-order valence-corrected chi connectivity index (χ3v) is 1.97. The van der Waals surface area contributed by atoms with E-state index in [1.807, 2.05) is 6.07 Å². The molecule has 0 saturated carbocycles. The van der Waals surface area contributed by atoms with E-state index in [2.05, 4.69) is 6.92 Å². The smallest absolute Gasteiger partial charge is 0.141 e. The van der Waals surface area contributed by atoms with Crippen molar-refractivity contribution in [2.75, 3.05) is 0 Å². The Kier molecular flexibility index (Phi) is 3.45. The van der Waals surface area contributed by atoms with Crippen LogP contribution in [0.1, 0.15) is 30.9 Å². The molecule has 0 fully saturated rings. The van der Waals surface area contributed by atoms with E-state index >= 15 is 0 Å². The summed E-state index contributed by atoms with van der Waals surface area (Å²) in [6.07, 6.45) is 3.05. The SMILES string of the molecule is CCCCc1ccc(C#N)c(F)c1. The van der Waals surface area contributed by atoms with Gasteiger partial charge in [-0.2, -0.15) is 5.26 Å². The molecule has 0 aliphatic heterocycles. The fourth-order valence-electron chi connectivity index (χ4n) is 1.19. The fourth-order valence-corrected chi connectivity index (χ4v) is 1.19. The molecule has 0 aromatic heterocycles. The quantitative estimate of drug-likeness (QED) is 0.696. The van der Waals surface area contributed by atoms with Gasteiger partial charge in [-0.1, -0.05) is 19.4 Å². The van der Waals surface area contributed by atoms with Gasteiger partial charge in [0.25, 0.3) is 0 Å². The summed E-state index contributed by atoms with van der Waals surface area (Å²) in [6, 6.07) is 6.61. The Balaban J connectivity index is 2.79. The van der Waals surface area contributed by atoms with E-state index in [-0.39, 0.29) is 5.56 Å². The van der Waals surface area contributed by atoms with Crippen LogP contribution >= 0.6 is 0 Å². The van der Waals surface area contributed by atoms with E-state index in [0.717, 1.165) is 24.8 Å². The highest BCUT2D eigenvalue weighted by Gasteiger charge is 2.01. The standard InChI is InChI=1S/C11H12FN/c1-2-3-4-9-5-6-10(8-13)11(12)7-9/h5-7H,2-4H2,1H3. The molecule has 0 N–H and O–H groups in total. The minimum absolute atomic E-state index is 0.125. The Labute approximate surface area is 77.8 Å². The Morgan fingerprint density at radius 3 is 2.77 bits per heavy atom. The topological polar surface area (TPSA) is 23.8 Å². The van der Waals surface area contributed by atoms with Crippen LogP contribution in [-0.2, 0) is 6.42 Å². The Hall–Kier alpha value is -1.36. The van der Waals surface area contributed by atoms with Crippen molar-refractivity contribution in [2.24, 2.45) is 0 Å². The molecular weight excluding hydrogens is 165 g/mol. The molecule has 0 saturated heterocycles. The molecule has 68 valence electrons. The maximum absolute atomic E-state index is 13.1. The van der Waals surface area contributed by atoms with Crippen molar-refractivity contribution in [3.63, 3.8) is 0 Å². The van der Waals surface area contributed by atoms with Crippen molar-refractivity contribution in [1.29, 1.82) is 5.26 Å². The molecule has 0 aliphatic rings. The summed E-state index contributed by atoms with van der Waals surface area (Å²) in [7, 11) is 0. The van der Waals surface area contributed by atoms with Gasteiger partial charge in [0.15, 0.2) is 0 Å². The first kappa shape index (κ1) is 9.73. The molecule has 0 amide bonds. The van der Waals surface area contributed by atoms with Crippen molar-refractivity contribution >= 4 is 0 Å². The lowest BCUT2D eigenvalue weighted by atomic mass is 10.1. The van der Waals surface area contributed by atoms with Crippen LogP contribution < -0.4 is 0 Å². The number of benzene rings is 1. The molecular formula is C11H12FN. The van der Waals surface area contributed by atoms with Gasteiger partial charge in [-0.15, -0.1) is 0 Å². The average Bonchev–Trinajstić information content (AvgIpc) is 2.15. The second-order valence-corrected chi connectivity index (χ2v) is 3.03. The molecule has 0 aliphatic carbocycles. The lowest BCUT2D eigenvalue weighted by Crippen LogP contribution is -1.89. The zero-order valence-electron chi connectivity index (χ0n) is 7.68. The molecule has 1 aromatic carbocycles. The van der Waals surface area contributed by atoms with E-state index in [1.54, 1.807) is 12.1 Å². The second kappa shape index (κ2) is 4.61. The number of aryl methyl sites for hydroxylation is 1. The molecule has 0 bridgehead atoms. The summed E-state index contributed by atoms with van der Waals surface area (Å²) >= 11 is 0. The second-order valence-electron chi connectivity index (χ2n) is 3.03. The average molecular weight is 177 g/mol. The number of halogens is 1. The van der Waals surface area contributed by atoms with Gasteiger partial charge < -0.3 is 0 Å². The summed E-state index contributed by atoms with van der Waals surface area (Å²) in [5, 5.41) is 8.50. The van der Waals surface area contributed by atoms with Crippen molar-refractivity contribution in [3.8, 4) is 6.07 Å². The van der Waals surface area contributed by atoms with E-state index < -0.39 is 5.82 Å². The van der Waals surface area contributed by atoms with E-state index in [1.165, 1.54) is 6.07 Å². The van der Waals surface area contributed by atoms with Crippen LogP contribution in [0.2, 0.25) is 0 Å². The third-order valence-electron chi connectivity index (χ3n) is 1.97. The van der Waals surface area contributed by atoms with Crippen LogP contribution in [0.15, 0.2) is 18.2 Å². The van der Waals surface area contributed by atoms with E-state index in [0.29, 0.717) is 0 Å². The fraction of sp³-hybridized carbons (Fsp3) is 0.364. The number of unbranched alkanes of at least 4 members (excludes halogenated alkanes) is 1. The number of rotatable bonds is 3. The normalized spacial score (nSPS) is 9.62. The van der Waals surface area contributed by atoms with Crippen LogP contribution in [-0.4, -0.2) is 0 Å². The molecule has 0 unspecified atom stereocenters. The van der Waals surface area contributed by atoms with Gasteiger partial charge in [-0.3, -0.25) is 0 Å². The van der Waals surface area contributed by atoms with Crippen molar-refractivity contribution < 1.29 is 4.39 Å². The maximum Gasteiger partial charge on any atom is 0.141 e. The van der Waals surface area contributed by atoms with Crippen LogP contribution in [0.4, 0.5) is 4.39 Å². The molecule has 0 heterocycles. The molecule has 1 nitrogen and oxygen atoms in total. The van der Waals surface area contributed by atoms with Crippen LogP contribution in [0, 0.1) is 17.1 Å². The number of hydrogen-bond donors (Lipinski definition) is 0. The highest BCUT2D eigenvalue weighted by Crippen LogP contribution is 2.11. The first-order chi connectivity index (χ1) is 6.27. The van der Waals surface area contributed by atoms with Gasteiger partial charge in [-0.05, 0) is 30.5 Å². The van der Waals surface area contributed by atoms with Gasteiger partial charge in [0.1, 0.15) is 11.9 Å². The van der Waals surface area contributed by atoms with Crippen molar-refractivity contribution in [2.45, 2.75) is 26.2 Å². The monoisotopic (exact) mass is 177 g/mol. The Bertz CT molecular complexity index is 325. The molecule has 0 spiro atoms. The maximum atomic E-state index is 13.1. The molecule has 2 heteroatoms. The Morgan fingerprint density at radius 1 is 1.46 bits per heavy atom. The van der Waals surface area contributed by atoms with Gasteiger partial charge in [0, 0.05) is 0 Å². The molecule has 0 radical (unpaired) electrons. The lowest BCUT2D eigenvalue weighted by Gasteiger charge is -2.00. The van der Waals surface area contributed by atoms with Gasteiger partial charge in [0.05, 0.1) is 5.56 Å². The van der Waals surface area contributed by atoms with Gasteiger partial charge in [-0.25, -0.2) is 4.39 Å². The predicted molar refractivity (Wildman–Crippen MR) is 49.7 cm³/mol. The number of hydrogen-bond acceptors (Lipinski definition) is 1. The van der Waals surface area contributed by atoms with Crippen molar-refractivity contribution in [1.82, 2.24) is 0 Å². The summed E-state index contributed by atoms with van der Waals surface area (Å²) in [5.74, 6) is -0.406. The van der Waals surface area contributed by atoms with E-state index in [4.69, 9.17) is 5.26 Å². The summed E-state index contributed by atoms with van der Waals surface area (Å²) in [5.41, 5.74) is 1.10. The summed E-state index contributed by atoms with van der Waals surface area (Å²) < 4.78 is 13.1. The molecule has 1 rings (SSSR count). The third kappa shape index (κ3) is 2.55. The van der Waals surface area contributed by atoms with E-state index in [9.17, 15) is 4.39 Å². The molecule has 0 atom stereocenters. The highest BCUT2D eigenvalue weighted by molar-refractivity contribution is 5.33. The zero-order chi connectivity index (χ0) is 9.68. The van der Waals surface area contributed by atoms with Crippen LogP contribution in [0.25, 0.3) is 0 Å². The first-order valence-corrected chi connectivity index (χ1v) is 4.46. The lowest BCUT2D eigenvalue weighted by molar-refractivity contribution is 0.620. The van der Waals surface area contributed by atoms with Crippen molar-refractivity contribution in [3.05, 3.63) is 35.1 Å². The highest BCUT2D eigenvalue weighted by atomic mass is 19.1. The van der Waals surface area contributed by atoms with Crippen LogP contribution in [0.3, 0.4) is 0 Å². The minimum atomic E-state index is -0.406. The minimum Gasteiger partial charge on any atom is -0.206 e. The Morgan fingerprint density at radius 2 is 2.23 bits per heavy atom. The zero-order valence-corrected chi connectivity index (χ0v) is 7.68. The number of nitriles is 1. The number of nitrogens with zero attached hydrogens (tertiary/aromatic N) is 1. The molecule has 13 heavy (non-hydrogen) atoms. The molecule has 1 aromatic rings. The summed E-state index contributed by atoms with van der Waals surface area (Å²) in [6.45, 7) is 2.10. The predicted octanol–water partition coefficient (Wildman–Crippen LogP) is 3.04. The van der Waals surface area contributed by atoms with Crippen LogP contribution in [0.5, 0.6) is 0 Å². The van der Waals surface area contributed by atoms with Gasteiger partial charge in [0.2, 0.25) is 0 Å². The van der Waals surface area contributed by atoms with Gasteiger partial charge >= 0.3 is 0 Å². The largest absolute Gasteiger partial charge is 0.206 e.